The van der Waals surface area contributed by atoms with Crippen molar-refractivity contribution in [3.63, 3.8) is 0 Å². The van der Waals surface area contributed by atoms with E-state index in [-0.39, 0.29) is 12.5 Å². The van der Waals surface area contributed by atoms with Crippen molar-refractivity contribution < 1.29 is 14.2 Å². The van der Waals surface area contributed by atoms with E-state index in [2.05, 4.69) is 56.3 Å². The van der Waals surface area contributed by atoms with Gasteiger partial charge in [0.25, 0.3) is 5.56 Å². The lowest BCUT2D eigenvalue weighted by atomic mass is 9.94. The quantitative estimate of drug-likeness (QED) is 0.299. The standard InChI is InChI=1S/C30H33FN4O3/c31-13-14-32-16-25(28-29(36)30(37)34-20-33-28)15-23-7-3-21(4-8-23)1-2-22-5-9-24(10-6-22)17-35-18-26-11-12-27(19-35)38-26/h3-10,20,25-27,32,36H,11-19H2,(H,33,34,37). The lowest BCUT2D eigenvalue weighted by Gasteiger charge is -2.32. The SMILES string of the molecule is O=c1[nH]cnc(C(CNCCF)Cc2ccc(C#Cc3ccc(CN4CC5CCC(C4)O5)cc3)cc2)c1O. The Balaban J connectivity index is 1.20. The zero-order valence-corrected chi connectivity index (χ0v) is 21.3. The van der Waals surface area contributed by atoms with Crippen LogP contribution in [0.1, 0.15) is 46.7 Å². The number of aromatic amines is 1. The summed E-state index contributed by atoms with van der Waals surface area (Å²) in [5.74, 6) is 5.78. The molecule has 8 heteroatoms. The number of hydrogen-bond acceptors (Lipinski definition) is 6. The van der Waals surface area contributed by atoms with Gasteiger partial charge in [-0.15, -0.1) is 0 Å². The summed E-state index contributed by atoms with van der Waals surface area (Å²) < 4.78 is 18.5. The summed E-state index contributed by atoms with van der Waals surface area (Å²) in [6.45, 7) is 3.07. The number of rotatable bonds is 9. The molecule has 2 bridgehead atoms. The molecule has 1 aromatic heterocycles. The number of alkyl halides is 1. The predicted molar refractivity (Wildman–Crippen MR) is 144 cm³/mol. The first-order chi connectivity index (χ1) is 18.6. The van der Waals surface area contributed by atoms with Gasteiger partial charge < -0.3 is 20.1 Å². The minimum absolute atomic E-state index is 0.199. The summed E-state index contributed by atoms with van der Waals surface area (Å²) in [5.41, 5.74) is 3.87. The first-order valence-electron chi connectivity index (χ1n) is 13.2. The van der Waals surface area contributed by atoms with Crippen LogP contribution in [0, 0.1) is 11.8 Å². The van der Waals surface area contributed by atoms with E-state index in [4.69, 9.17) is 4.74 Å². The summed E-state index contributed by atoms with van der Waals surface area (Å²) in [6, 6.07) is 16.3. The van der Waals surface area contributed by atoms with Crippen LogP contribution >= 0.6 is 0 Å². The fraction of sp³-hybridized carbons (Fsp3) is 0.400. The van der Waals surface area contributed by atoms with Crippen LogP contribution in [0.5, 0.6) is 5.75 Å². The van der Waals surface area contributed by atoms with Gasteiger partial charge in [-0.2, -0.15) is 0 Å². The molecule has 38 heavy (non-hydrogen) atoms. The third-order valence-corrected chi connectivity index (χ3v) is 7.17. The van der Waals surface area contributed by atoms with Crippen LogP contribution in [-0.2, 0) is 17.7 Å². The van der Waals surface area contributed by atoms with Gasteiger partial charge in [-0.1, -0.05) is 36.1 Å². The van der Waals surface area contributed by atoms with Crippen molar-refractivity contribution in [2.75, 3.05) is 32.9 Å². The molecule has 2 aromatic carbocycles. The molecule has 0 amide bonds. The maximum absolute atomic E-state index is 12.6. The van der Waals surface area contributed by atoms with Crippen molar-refractivity contribution in [2.24, 2.45) is 0 Å². The lowest BCUT2D eigenvalue weighted by Crippen LogP contribution is -2.41. The van der Waals surface area contributed by atoms with E-state index in [0.717, 1.165) is 36.3 Å². The molecule has 3 heterocycles. The molecule has 7 nitrogen and oxygen atoms in total. The molecule has 3 N–H and O–H groups in total. The zero-order chi connectivity index (χ0) is 26.3. The summed E-state index contributed by atoms with van der Waals surface area (Å²) in [4.78, 5) is 20.9. The molecule has 0 spiro atoms. The van der Waals surface area contributed by atoms with Crippen LogP contribution in [0.2, 0.25) is 0 Å². The second-order valence-electron chi connectivity index (χ2n) is 10.1. The second-order valence-corrected chi connectivity index (χ2v) is 10.1. The fourth-order valence-electron chi connectivity index (χ4n) is 5.25. The van der Waals surface area contributed by atoms with Gasteiger partial charge in [0.2, 0.25) is 5.75 Å². The number of ether oxygens (including phenoxy) is 1. The van der Waals surface area contributed by atoms with E-state index >= 15 is 0 Å². The molecular weight excluding hydrogens is 483 g/mol. The topological polar surface area (TPSA) is 90.5 Å². The average molecular weight is 517 g/mol. The molecular formula is C30H33FN4O3. The van der Waals surface area contributed by atoms with Crippen LogP contribution in [-0.4, -0.2) is 65.0 Å². The number of H-pyrrole nitrogens is 1. The van der Waals surface area contributed by atoms with Crippen LogP contribution in [0.4, 0.5) is 4.39 Å². The predicted octanol–water partition coefficient (Wildman–Crippen LogP) is 3.12. The molecule has 5 rings (SSSR count). The van der Waals surface area contributed by atoms with Crippen LogP contribution in [0.3, 0.4) is 0 Å². The van der Waals surface area contributed by atoms with Crippen molar-refractivity contribution in [1.82, 2.24) is 20.2 Å². The van der Waals surface area contributed by atoms with Crippen LogP contribution < -0.4 is 10.9 Å². The number of halogens is 1. The number of morpholine rings is 1. The summed E-state index contributed by atoms with van der Waals surface area (Å²) in [5, 5.41) is 13.2. The van der Waals surface area contributed by atoms with E-state index in [1.165, 1.54) is 24.7 Å². The third-order valence-electron chi connectivity index (χ3n) is 7.17. The smallest absolute Gasteiger partial charge is 0.293 e. The van der Waals surface area contributed by atoms with Gasteiger partial charge in [0.05, 0.1) is 24.2 Å². The fourth-order valence-corrected chi connectivity index (χ4v) is 5.25. The number of benzene rings is 2. The Bertz CT molecular complexity index is 1320. The monoisotopic (exact) mass is 516 g/mol. The normalized spacial score (nSPS) is 19.6. The Hall–Kier alpha value is -3.51. The highest BCUT2D eigenvalue weighted by Crippen LogP contribution is 2.27. The van der Waals surface area contributed by atoms with Gasteiger partial charge in [0, 0.05) is 49.8 Å². The van der Waals surface area contributed by atoms with Crippen molar-refractivity contribution >= 4 is 0 Å². The number of nitrogens with one attached hydrogen (secondary N) is 2. The first kappa shape index (κ1) is 26.1. The number of likely N-dealkylation sites (tertiary alicyclic amines) is 1. The Kier molecular flexibility index (Phi) is 8.49. The maximum atomic E-state index is 12.6. The van der Waals surface area contributed by atoms with Crippen molar-refractivity contribution in [2.45, 2.75) is 43.9 Å². The molecule has 0 aliphatic carbocycles. The molecule has 3 unspecified atom stereocenters. The van der Waals surface area contributed by atoms with Crippen molar-refractivity contribution in [1.29, 1.82) is 0 Å². The number of hydrogen-bond donors (Lipinski definition) is 3. The van der Waals surface area contributed by atoms with Gasteiger partial charge in [0.15, 0.2) is 0 Å². The van der Waals surface area contributed by atoms with E-state index < -0.39 is 18.0 Å². The summed E-state index contributed by atoms with van der Waals surface area (Å²) >= 11 is 0. The van der Waals surface area contributed by atoms with Crippen molar-refractivity contribution in [3.05, 3.63) is 93.2 Å². The molecule has 3 atom stereocenters. The Labute approximate surface area is 222 Å². The molecule has 3 aromatic rings. The second kappa shape index (κ2) is 12.4. The maximum Gasteiger partial charge on any atom is 0.293 e. The zero-order valence-electron chi connectivity index (χ0n) is 21.3. The molecule has 0 radical (unpaired) electrons. The van der Waals surface area contributed by atoms with E-state index in [9.17, 15) is 14.3 Å². The molecule has 198 valence electrons. The summed E-state index contributed by atoms with van der Waals surface area (Å²) in [6.07, 6.45) is 4.98. The van der Waals surface area contributed by atoms with E-state index in [1.54, 1.807) is 0 Å². The van der Waals surface area contributed by atoms with Gasteiger partial charge in [-0.05, 0) is 54.7 Å². The highest BCUT2D eigenvalue weighted by atomic mass is 19.1. The molecule has 2 fully saturated rings. The number of nitrogens with zero attached hydrogens (tertiary/aromatic N) is 2. The number of aromatic nitrogens is 2. The van der Waals surface area contributed by atoms with Gasteiger partial charge in [0.1, 0.15) is 6.67 Å². The molecule has 2 aliphatic heterocycles. The molecule has 2 aliphatic rings. The summed E-state index contributed by atoms with van der Waals surface area (Å²) in [7, 11) is 0. The average Bonchev–Trinajstić information content (AvgIpc) is 3.28. The number of fused-ring (bicyclic) bond motifs is 2. The lowest BCUT2D eigenvalue weighted by molar-refractivity contribution is -0.0410. The van der Waals surface area contributed by atoms with Crippen LogP contribution in [0.15, 0.2) is 59.7 Å². The molecule has 0 saturated carbocycles. The minimum atomic E-state index is -0.586. The van der Waals surface area contributed by atoms with E-state index in [0.29, 0.717) is 30.9 Å². The first-order valence-corrected chi connectivity index (χ1v) is 13.2. The van der Waals surface area contributed by atoms with Crippen LogP contribution in [0.25, 0.3) is 0 Å². The molecule has 2 saturated heterocycles. The van der Waals surface area contributed by atoms with E-state index in [1.807, 2.05) is 24.3 Å². The number of aromatic hydroxyl groups is 1. The van der Waals surface area contributed by atoms with Crippen molar-refractivity contribution in [3.8, 4) is 17.6 Å². The van der Waals surface area contributed by atoms with Gasteiger partial charge in [-0.25, -0.2) is 9.37 Å². The Morgan fingerprint density at radius 3 is 2.32 bits per heavy atom. The highest BCUT2D eigenvalue weighted by Gasteiger charge is 2.33. The largest absolute Gasteiger partial charge is 0.502 e. The Morgan fingerprint density at radius 1 is 1.05 bits per heavy atom. The minimum Gasteiger partial charge on any atom is -0.502 e. The third kappa shape index (κ3) is 6.67. The van der Waals surface area contributed by atoms with Gasteiger partial charge >= 0.3 is 0 Å². The van der Waals surface area contributed by atoms with Gasteiger partial charge in [-0.3, -0.25) is 9.69 Å². The highest BCUT2D eigenvalue weighted by molar-refractivity contribution is 5.44. The Morgan fingerprint density at radius 2 is 1.68 bits per heavy atom.